The summed E-state index contributed by atoms with van der Waals surface area (Å²) in [7, 11) is 2.06. The van der Waals surface area contributed by atoms with Crippen LogP contribution in [0.15, 0.2) is 0 Å². The minimum atomic E-state index is 0.658. The molecular weight excluding hydrogens is 184 g/mol. The molecule has 1 heterocycles. The third-order valence-corrected chi connectivity index (χ3v) is 3.81. The Balaban J connectivity index is 2.34. The minimum absolute atomic E-state index is 0.658. The molecule has 2 nitrogen and oxygen atoms in total. The maximum atomic E-state index is 3.33. The van der Waals surface area contributed by atoms with Gasteiger partial charge in [0.1, 0.15) is 0 Å². The van der Waals surface area contributed by atoms with E-state index in [0.29, 0.717) is 6.04 Å². The number of likely N-dealkylation sites (tertiary alicyclic amines) is 1. The van der Waals surface area contributed by atoms with E-state index in [1.165, 1.54) is 51.6 Å². The van der Waals surface area contributed by atoms with Crippen LogP contribution in [0.5, 0.6) is 0 Å². The van der Waals surface area contributed by atoms with Crippen molar-refractivity contribution in [2.45, 2.75) is 64.5 Å². The first-order chi connectivity index (χ1) is 7.27. The van der Waals surface area contributed by atoms with Gasteiger partial charge in [0, 0.05) is 12.1 Å². The lowest BCUT2D eigenvalue weighted by molar-refractivity contribution is 0.187. The van der Waals surface area contributed by atoms with E-state index >= 15 is 0 Å². The van der Waals surface area contributed by atoms with Gasteiger partial charge in [-0.05, 0) is 52.7 Å². The van der Waals surface area contributed by atoms with E-state index < -0.39 is 0 Å². The van der Waals surface area contributed by atoms with E-state index in [4.69, 9.17) is 0 Å². The molecule has 1 rings (SSSR count). The predicted molar refractivity (Wildman–Crippen MR) is 67.3 cm³/mol. The first kappa shape index (κ1) is 13.0. The molecule has 0 aromatic rings. The van der Waals surface area contributed by atoms with Gasteiger partial charge in [0.15, 0.2) is 0 Å². The van der Waals surface area contributed by atoms with E-state index in [2.05, 4.69) is 31.1 Å². The van der Waals surface area contributed by atoms with Gasteiger partial charge in [-0.15, -0.1) is 0 Å². The first-order valence-corrected chi connectivity index (χ1v) is 6.69. The molecule has 0 amide bonds. The predicted octanol–water partition coefficient (Wildman–Crippen LogP) is 2.64. The SMILES string of the molecule is CCC1CCCCCN1CCC(C)NC. The molecule has 2 heteroatoms. The molecule has 0 aromatic carbocycles. The number of nitrogens with zero attached hydrogens (tertiary/aromatic N) is 1. The van der Waals surface area contributed by atoms with Crippen LogP contribution in [0.25, 0.3) is 0 Å². The van der Waals surface area contributed by atoms with Crippen molar-refractivity contribution in [1.82, 2.24) is 10.2 Å². The average molecular weight is 212 g/mol. The minimum Gasteiger partial charge on any atom is -0.317 e. The Hall–Kier alpha value is -0.0800. The highest BCUT2D eigenvalue weighted by atomic mass is 15.2. The van der Waals surface area contributed by atoms with Crippen molar-refractivity contribution in [3.05, 3.63) is 0 Å². The topological polar surface area (TPSA) is 15.3 Å². The highest BCUT2D eigenvalue weighted by Crippen LogP contribution is 2.19. The van der Waals surface area contributed by atoms with Crippen LogP contribution in [-0.2, 0) is 0 Å². The van der Waals surface area contributed by atoms with Gasteiger partial charge < -0.3 is 10.2 Å². The van der Waals surface area contributed by atoms with Crippen molar-refractivity contribution in [3.8, 4) is 0 Å². The maximum absolute atomic E-state index is 3.33. The molecule has 0 radical (unpaired) electrons. The van der Waals surface area contributed by atoms with Crippen LogP contribution < -0.4 is 5.32 Å². The zero-order valence-corrected chi connectivity index (χ0v) is 10.8. The Morgan fingerprint density at radius 3 is 2.80 bits per heavy atom. The largest absolute Gasteiger partial charge is 0.317 e. The molecular formula is C13H28N2. The van der Waals surface area contributed by atoms with Crippen LogP contribution in [0.2, 0.25) is 0 Å². The molecule has 1 N–H and O–H groups in total. The molecule has 1 aliphatic heterocycles. The van der Waals surface area contributed by atoms with Gasteiger partial charge in [0.05, 0.1) is 0 Å². The van der Waals surface area contributed by atoms with Gasteiger partial charge in [-0.2, -0.15) is 0 Å². The van der Waals surface area contributed by atoms with Crippen molar-refractivity contribution in [2.24, 2.45) is 0 Å². The fourth-order valence-electron chi connectivity index (χ4n) is 2.50. The van der Waals surface area contributed by atoms with E-state index in [9.17, 15) is 0 Å². The van der Waals surface area contributed by atoms with Gasteiger partial charge in [-0.25, -0.2) is 0 Å². The molecule has 90 valence electrons. The Bertz CT molecular complexity index is 159. The number of rotatable bonds is 5. The van der Waals surface area contributed by atoms with E-state index in [-0.39, 0.29) is 0 Å². The van der Waals surface area contributed by atoms with Crippen LogP contribution >= 0.6 is 0 Å². The van der Waals surface area contributed by atoms with Gasteiger partial charge in [-0.1, -0.05) is 19.8 Å². The lowest BCUT2D eigenvalue weighted by Gasteiger charge is -2.30. The van der Waals surface area contributed by atoms with Gasteiger partial charge in [0.25, 0.3) is 0 Å². The molecule has 2 atom stereocenters. The van der Waals surface area contributed by atoms with Crippen molar-refractivity contribution < 1.29 is 0 Å². The summed E-state index contributed by atoms with van der Waals surface area (Å²) >= 11 is 0. The molecule has 0 spiro atoms. The maximum Gasteiger partial charge on any atom is 0.00926 e. The quantitative estimate of drug-likeness (QED) is 0.753. The summed E-state index contributed by atoms with van der Waals surface area (Å²) in [4.78, 5) is 2.72. The van der Waals surface area contributed by atoms with Crippen molar-refractivity contribution in [2.75, 3.05) is 20.1 Å². The molecule has 2 unspecified atom stereocenters. The third kappa shape index (κ3) is 4.52. The molecule has 0 aliphatic carbocycles. The Labute approximate surface area is 95.4 Å². The normalized spacial score (nSPS) is 26.2. The zero-order valence-electron chi connectivity index (χ0n) is 10.8. The first-order valence-electron chi connectivity index (χ1n) is 6.69. The Morgan fingerprint density at radius 1 is 1.33 bits per heavy atom. The fraction of sp³-hybridized carbons (Fsp3) is 1.00. The number of hydrogen-bond donors (Lipinski definition) is 1. The van der Waals surface area contributed by atoms with Crippen LogP contribution in [0, 0.1) is 0 Å². The highest BCUT2D eigenvalue weighted by Gasteiger charge is 2.19. The van der Waals surface area contributed by atoms with Gasteiger partial charge in [-0.3, -0.25) is 0 Å². The smallest absolute Gasteiger partial charge is 0.00926 e. The summed E-state index contributed by atoms with van der Waals surface area (Å²) in [6, 6.07) is 1.52. The number of hydrogen-bond acceptors (Lipinski definition) is 2. The second kappa shape index (κ2) is 7.24. The average Bonchev–Trinajstić information content (AvgIpc) is 2.50. The van der Waals surface area contributed by atoms with Crippen molar-refractivity contribution in [3.63, 3.8) is 0 Å². The van der Waals surface area contributed by atoms with Crippen LogP contribution in [-0.4, -0.2) is 37.1 Å². The standard InChI is InChI=1S/C13H28N2/c1-4-13-8-6-5-7-10-15(13)11-9-12(2)14-3/h12-14H,4-11H2,1-3H3. The summed E-state index contributed by atoms with van der Waals surface area (Å²) in [6.45, 7) is 7.22. The van der Waals surface area contributed by atoms with Crippen LogP contribution in [0.1, 0.15) is 52.4 Å². The molecule has 1 aliphatic rings. The monoisotopic (exact) mass is 212 g/mol. The molecule has 0 aromatic heterocycles. The zero-order chi connectivity index (χ0) is 11.1. The molecule has 1 fully saturated rings. The summed E-state index contributed by atoms with van der Waals surface area (Å²) in [5.74, 6) is 0. The molecule has 0 saturated carbocycles. The molecule has 1 saturated heterocycles. The molecule has 15 heavy (non-hydrogen) atoms. The van der Waals surface area contributed by atoms with E-state index in [1.54, 1.807) is 0 Å². The molecule has 0 bridgehead atoms. The van der Waals surface area contributed by atoms with E-state index in [0.717, 1.165) is 6.04 Å². The van der Waals surface area contributed by atoms with E-state index in [1.807, 2.05) is 0 Å². The van der Waals surface area contributed by atoms with Crippen LogP contribution in [0.4, 0.5) is 0 Å². The second-order valence-corrected chi connectivity index (χ2v) is 4.93. The highest BCUT2D eigenvalue weighted by molar-refractivity contribution is 4.75. The summed E-state index contributed by atoms with van der Waals surface area (Å²) in [5.41, 5.74) is 0. The lowest BCUT2D eigenvalue weighted by atomic mass is 10.1. The Kier molecular flexibility index (Phi) is 6.26. The summed E-state index contributed by atoms with van der Waals surface area (Å²) < 4.78 is 0. The van der Waals surface area contributed by atoms with Gasteiger partial charge >= 0.3 is 0 Å². The third-order valence-electron chi connectivity index (χ3n) is 3.81. The second-order valence-electron chi connectivity index (χ2n) is 4.93. The number of nitrogens with one attached hydrogen (secondary N) is 1. The van der Waals surface area contributed by atoms with Crippen molar-refractivity contribution >= 4 is 0 Å². The van der Waals surface area contributed by atoms with Crippen molar-refractivity contribution in [1.29, 1.82) is 0 Å². The van der Waals surface area contributed by atoms with Gasteiger partial charge in [0.2, 0.25) is 0 Å². The summed E-state index contributed by atoms with van der Waals surface area (Å²) in [5, 5.41) is 3.33. The Morgan fingerprint density at radius 2 is 2.13 bits per heavy atom. The lowest BCUT2D eigenvalue weighted by Crippen LogP contribution is -2.37. The van der Waals surface area contributed by atoms with Crippen LogP contribution in [0.3, 0.4) is 0 Å². The fourth-order valence-corrected chi connectivity index (χ4v) is 2.50. The summed E-state index contributed by atoms with van der Waals surface area (Å²) in [6.07, 6.45) is 8.32.